The molecule has 0 aromatic carbocycles. The molecule has 2 aliphatic heterocycles. The van der Waals surface area contributed by atoms with Crippen molar-refractivity contribution in [1.29, 1.82) is 0 Å². The first-order chi connectivity index (χ1) is 8.80. The van der Waals surface area contributed by atoms with Crippen LogP contribution in [0.15, 0.2) is 0 Å². The van der Waals surface area contributed by atoms with Gasteiger partial charge in [-0.15, -0.1) is 0 Å². The summed E-state index contributed by atoms with van der Waals surface area (Å²) in [5.74, 6) is 4.40. The topological polar surface area (TPSA) is 21.3 Å². The molecular formula is C15H27NOS. The molecule has 3 fully saturated rings. The molecule has 1 N–H and O–H groups in total. The Bertz CT molecular complexity index is 261. The average Bonchev–Trinajstić information content (AvgIpc) is 2.42. The second-order valence-corrected chi connectivity index (χ2v) is 7.70. The predicted octanol–water partition coefficient (Wildman–Crippen LogP) is 3.07. The summed E-state index contributed by atoms with van der Waals surface area (Å²) in [5.41, 5.74) is 0.189. The highest BCUT2D eigenvalue weighted by Crippen LogP contribution is 2.42. The van der Waals surface area contributed by atoms with Crippen molar-refractivity contribution in [3.63, 3.8) is 0 Å². The molecule has 3 aliphatic rings. The number of rotatable bonds is 1. The van der Waals surface area contributed by atoms with Gasteiger partial charge < -0.3 is 10.1 Å². The van der Waals surface area contributed by atoms with Crippen LogP contribution in [0.4, 0.5) is 0 Å². The molecule has 0 aromatic heterocycles. The van der Waals surface area contributed by atoms with Crippen molar-refractivity contribution < 1.29 is 4.74 Å². The van der Waals surface area contributed by atoms with Crippen LogP contribution in [0.5, 0.6) is 0 Å². The van der Waals surface area contributed by atoms with E-state index >= 15 is 0 Å². The minimum atomic E-state index is 0.189. The van der Waals surface area contributed by atoms with Crippen LogP contribution in [0.2, 0.25) is 0 Å². The van der Waals surface area contributed by atoms with Gasteiger partial charge >= 0.3 is 0 Å². The number of morpholine rings is 1. The van der Waals surface area contributed by atoms with Gasteiger partial charge in [0.05, 0.1) is 12.2 Å². The summed E-state index contributed by atoms with van der Waals surface area (Å²) in [6.07, 6.45) is 8.21. The summed E-state index contributed by atoms with van der Waals surface area (Å²) in [4.78, 5) is 0. The Hall–Kier alpha value is 0.270. The van der Waals surface area contributed by atoms with Crippen LogP contribution >= 0.6 is 11.8 Å². The second kappa shape index (κ2) is 5.72. The first kappa shape index (κ1) is 13.3. The lowest BCUT2D eigenvalue weighted by atomic mass is 9.71. The maximum absolute atomic E-state index is 6.32. The molecule has 2 saturated heterocycles. The maximum Gasteiger partial charge on any atom is 0.0853 e. The van der Waals surface area contributed by atoms with Crippen LogP contribution in [0.3, 0.4) is 0 Å². The second-order valence-electron chi connectivity index (χ2n) is 6.48. The smallest absolute Gasteiger partial charge is 0.0853 e. The van der Waals surface area contributed by atoms with E-state index < -0.39 is 0 Å². The highest BCUT2D eigenvalue weighted by atomic mass is 32.2. The van der Waals surface area contributed by atoms with E-state index in [9.17, 15) is 0 Å². The number of ether oxygens (including phenoxy) is 1. The van der Waals surface area contributed by atoms with Crippen molar-refractivity contribution in [2.24, 2.45) is 11.8 Å². The molecular weight excluding hydrogens is 242 g/mol. The maximum atomic E-state index is 6.32. The van der Waals surface area contributed by atoms with E-state index in [1.807, 2.05) is 0 Å². The van der Waals surface area contributed by atoms with Gasteiger partial charge in [0.15, 0.2) is 0 Å². The number of hydrogen-bond donors (Lipinski definition) is 1. The van der Waals surface area contributed by atoms with Gasteiger partial charge in [-0.3, -0.25) is 0 Å². The van der Waals surface area contributed by atoms with E-state index in [1.165, 1.54) is 50.0 Å². The molecule has 0 bridgehead atoms. The molecule has 3 heteroatoms. The zero-order valence-electron chi connectivity index (χ0n) is 11.6. The zero-order valence-corrected chi connectivity index (χ0v) is 12.4. The number of hydrogen-bond acceptors (Lipinski definition) is 3. The third-order valence-corrected chi connectivity index (χ3v) is 6.28. The van der Waals surface area contributed by atoms with Crippen molar-refractivity contribution in [2.45, 2.75) is 57.1 Å². The average molecular weight is 269 g/mol. The van der Waals surface area contributed by atoms with E-state index in [4.69, 9.17) is 4.74 Å². The van der Waals surface area contributed by atoms with E-state index in [2.05, 4.69) is 24.0 Å². The summed E-state index contributed by atoms with van der Waals surface area (Å²) >= 11 is 2.10. The van der Waals surface area contributed by atoms with Crippen LogP contribution < -0.4 is 5.32 Å². The lowest BCUT2D eigenvalue weighted by molar-refractivity contribution is -0.119. The van der Waals surface area contributed by atoms with Crippen molar-refractivity contribution in [1.82, 2.24) is 5.32 Å². The largest absolute Gasteiger partial charge is 0.372 e. The van der Waals surface area contributed by atoms with Gasteiger partial charge in [0.2, 0.25) is 0 Å². The van der Waals surface area contributed by atoms with Crippen molar-refractivity contribution in [3.8, 4) is 0 Å². The van der Waals surface area contributed by atoms with Crippen LogP contribution in [0.1, 0.15) is 45.4 Å². The Morgan fingerprint density at radius 1 is 1.11 bits per heavy atom. The molecule has 1 aliphatic carbocycles. The van der Waals surface area contributed by atoms with Crippen molar-refractivity contribution >= 4 is 11.8 Å². The van der Waals surface area contributed by atoms with Crippen LogP contribution in [0, 0.1) is 11.8 Å². The molecule has 18 heavy (non-hydrogen) atoms. The van der Waals surface area contributed by atoms with Crippen molar-refractivity contribution in [3.05, 3.63) is 0 Å². The molecule has 104 valence electrons. The fraction of sp³-hybridized carbons (Fsp3) is 1.00. The first-order valence-electron chi connectivity index (χ1n) is 7.75. The summed E-state index contributed by atoms with van der Waals surface area (Å²) in [6.45, 7) is 4.39. The molecule has 2 heterocycles. The SMILES string of the molecule is CC1CCC(C2NCCOC23CCSCC3)CC1. The summed E-state index contributed by atoms with van der Waals surface area (Å²) < 4.78 is 6.32. The summed E-state index contributed by atoms with van der Waals surface area (Å²) in [5, 5.41) is 3.83. The van der Waals surface area contributed by atoms with Crippen LogP contribution in [0.25, 0.3) is 0 Å². The van der Waals surface area contributed by atoms with Gasteiger partial charge in [0.1, 0.15) is 0 Å². The van der Waals surface area contributed by atoms with Gasteiger partial charge in [-0.25, -0.2) is 0 Å². The Kier molecular flexibility index (Phi) is 4.21. The Balaban J connectivity index is 1.71. The van der Waals surface area contributed by atoms with Crippen molar-refractivity contribution in [2.75, 3.05) is 24.7 Å². The fourth-order valence-corrected chi connectivity index (χ4v) is 5.32. The predicted molar refractivity (Wildman–Crippen MR) is 78.2 cm³/mol. The van der Waals surface area contributed by atoms with Crippen LogP contribution in [-0.2, 0) is 4.74 Å². The standard InChI is InChI=1S/C15H27NOS/c1-12-2-4-13(5-3-12)14-15(17-9-8-16-14)6-10-18-11-7-15/h12-14,16H,2-11H2,1H3. The molecule has 1 atom stereocenters. The van der Waals surface area contributed by atoms with E-state index in [-0.39, 0.29) is 5.60 Å². The Labute approximate surface area is 116 Å². The summed E-state index contributed by atoms with van der Waals surface area (Å²) in [6, 6.07) is 0.639. The molecule has 0 radical (unpaired) electrons. The Morgan fingerprint density at radius 2 is 1.83 bits per heavy atom. The van der Waals surface area contributed by atoms with Gasteiger partial charge in [-0.2, -0.15) is 11.8 Å². The molecule has 3 rings (SSSR count). The van der Waals surface area contributed by atoms with Gasteiger partial charge in [-0.1, -0.05) is 19.8 Å². The minimum Gasteiger partial charge on any atom is -0.372 e. The third kappa shape index (κ3) is 2.59. The third-order valence-electron chi connectivity index (χ3n) is 5.29. The number of nitrogens with one attached hydrogen (secondary N) is 1. The fourth-order valence-electron chi connectivity index (χ4n) is 4.13. The quantitative estimate of drug-likeness (QED) is 0.790. The molecule has 1 saturated carbocycles. The molecule has 0 amide bonds. The van der Waals surface area contributed by atoms with E-state index in [0.717, 1.165) is 25.0 Å². The zero-order chi connectivity index (χ0) is 12.4. The Morgan fingerprint density at radius 3 is 2.56 bits per heavy atom. The lowest BCUT2D eigenvalue weighted by Crippen LogP contribution is -2.62. The highest BCUT2D eigenvalue weighted by molar-refractivity contribution is 7.99. The summed E-state index contributed by atoms with van der Waals surface area (Å²) in [7, 11) is 0. The molecule has 2 nitrogen and oxygen atoms in total. The first-order valence-corrected chi connectivity index (χ1v) is 8.91. The molecule has 1 spiro atoms. The normalized spacial score (nSPS) is 40.8. The monoisotopic (exact) mass is 269 g/mol. The van der Waals surface area contributed by atoms with Gasteiger partial charge in [-0.05, 0) is 49.0 Å². The lowest BCUT2D eigenvalue weighted by Gasteiger charge is -2.50. The molecule has 1 unspecified atom stereocenters. The number of thioether (sulfide) groups is 1. The van der Waals surface area contributed by atoms with Crippen LogP contribution in [-0.4, -0.2) is 36.3 Å². The molecule has 0 aromatic rings. The van der Waals surface area contributed by atoms with E-state index in [0.29, 0.717) is 6.04 Å². The van der Waals surface area contributed by atoms with Gasteiger partial charge in [0, 0.05) is 12.6 Å². The minimum absolute atomic E-state index is 0.189. The van der Waals surface area contributed by atoms with E-state index in [1.54, 1.807) is 0 Å². The highest BCUT2D eigenvalue weighted by Gasteiger charge is 2.46. The van der Waals surface area contributed by atoms with Gasteiger partial charge in [0.25, 0.3) is 0 Å².